The molecule has 0 amide bonds. The van der Waals surface area contributed by atoms with Gasteiger partial charge in [0.05, 0.1) is 6.61 Å². The van der Waals surface area contributed by atoms with Crippen LogP contribution in [0.5, 0.6) is 0 Å². The summed E-state index contributed by atoms with van der Waals surface area (Å²) in [6, 6.07) is 8.43. The fourth-order valence-corrected chi connectivity index (χ4v) is 3.21. The third-order valence-electron chi connectivity index (χ3n) is 4.37. The highest BCUT2D eigenvalue weighted by Crippen LogP contribution is 2.33. The van der Waals surface area contributed by atoms with Crippen molar-refractivity contribution in [1.29, 1.82) is 0 Å². The number of aromatic nitrogens is 2. The Morgan fingerprint density at radius 2 is 2.24 bits per heavy atom. The molecule has 2 unspecified atom stereocenters. The second kappa shape index (κ2) is 5.48. The van der Waals surface area contributed by atoms with Crippen molar-refractivity contribution >= 4 is 5.69 Å². The van der Waals surface area contributed by atoms with Gasteiger partial charge >= 0.3 is 0 Å². The molecular weight excluding hydrogens is 266 g/mol. The van der Waals surface area contributed by atoms with E-state index in [2.05, 4.69) is 39.7 Å². The number of nitrogens with one attached hydrogen (secondary N) is 1. The number of hydrogen-bond acceptors (Lipinski definition) is 5. The lowest BCUT2D eigenvalue weighted by Gasteiger charge is -2.18. The molecule has 1 fully saturated rings. The molecule has 110 valence electrons. The molecule has 2 aliphatic heterocycles. The van der Waals surface area contributed by atoms with Crippen LogP contribution in [0.4, 0.5) is 5.69 Å². The van der Waals surface area contributed by atoms with Crippen LogP contribution in [0.25, 0.3) is 0 Å². The second-order valence-electron chi connectivity index (χ2n) is 5.83. The van der Waals surface area contributed by atoms with E-state index in [4.69, 9.17) is 9.26 Å². The van der Waals surface area contributed by atoms with Gasteiger partial charge in [-0.2, -0.15) is 4.98 Å². The summed E-state index contributed by atoms with van der Waals surface area (Å²) in [5.41, 5.74) is 2.57. The topological polar surface area (TPSA) is 60.2 Å². The van der Waals surface area contributed by atoms with Crippen molar-refractivity contribution in [3.8, 4) is 0 Å². The second-order valence-corrected chi connectivity index (χ2v) is 5.83. The SMILES string of the molecule is c1ccc2c(c1)NCC2Cc1nc(C2CCCOC2)no1. The first-order valence-corrected chi connectivity index (χ1v) is 7.63. The number of para-hydroxylation sites is 1. The molecule has 2 atom stereocenters. The van der Waals surface area contributed by atoms with E-state index in [0.717, 1.165) is 44.1 Å². The molecule has 0 aliphatic carbocycles. The molecule has 0 saturated carbocycles. The summed E-state index contributed by atoms with van der Waals surface area (Å²) in [4.78, 5) is 4.58. The van der Waals surface area contributed by atoms with E-state index in [1.54, 1.807) is 0 Å². The molecule has 3 heterocycles. The van der Waals surface area contributed by atoms with Gasteiger partial charge in [0.15, 0.2) is 5.82 Å². The van der Waals surface area contributed by atoms with Crippen LogP contribution in [0.3, 0.4) is 0 Å². The average Bonchev–Trinajstić information content (AvgIpc) is 3.17. The molecule has 1 N–H and O–H groups in total. The predicted molar refractivity (Wildman–Crippen MR) is 78.5 cm³/mol. The number of nitrogens with zero attached hydrogens (tertiary/aromatic N) is 2. The van der Waals surface area contributed by atoms with Crippen LogP contribution < -0.4 is 5.32 Å². The molecule has 5 nitrogen and oxygen atoms in total. The van der Waals surface area contributed by atoms with Gasteiger partial charge in [-0.05, 0) is 24.5 Å². The maximum atomic E-state index is 5.49. The molecule has 0 bridgehead atoms. The van der Waals surface area contributed by atoms with E-state index in [1.807, 2.05) is 0 Å². The fraction of sp³-hybridized carbons (Fsp3) is 0.500. The summed E-state index contributed by atoms with van der Waals surface area (Å²) in [5.74, 6) is 2.25. The number of ether oxygens (including phenoxy) is 1. The molecule has 21 heavy (non-hydrogen) atoms. The summed E-state index contributed by atoms with van der Waals surface area (Å²) < 4.78 is 10.9. The largest absolute Gasteiger partial charge is 0.384 e. The van der Waals surface area contributed by atoms with Crippen molar-refractivity contribution in [3.63, 3.8) is 0 Å². The minimum Gasteiger partial charge on any atom is -0.384 e. The lowest BCUT2D eigenvalue weighted by Crippen LogP contribution is -2.16. The molecule has 1 aromatic carbocycles. The monoisotopic (exact) mass is 285 g/mol. The van der Waals surface area contributed by atoms with Crippen LogP contribution in [0.1, 0.15) is 42.0 Å². The van der Waals surface area contributed by atoms with Gasteiger partial charge in [0.2, 0.25) is 5.89 Å². The number of anilines is 1. The van der Waals surface area contributed by atoms with Crippen LogP contribution in [0.2, 0.25) is 0 Å². The predicted octanol–water partition coefficient (Wildman–Crippen LogP) is 2.72. The maximum absolute atomic E-state index is 5.49. The van der Waals surface area contributed by atoms with Gasteiger partial charge in [-0.1, -0.05) is 23.4 Å². The zero-order valence-corrected chi connectivity index (χ0v) is 11.9. The third-order valence-corrected chi connectivity index (χ3v) is 4.37. The van der Waals surface area contributed by atoms with Crippen molar-refractivity contribution in [2.75, 3.05) is 25.1 Å². The number of benzene rings is 1. The summed E-state index contributed by atoms with van der Waals surface area (Å²) in [6.07, 6.45) is 2.96. The highest BCUT2D eigenvalue weighted by Gasteiger charge is 2.26. The first-order valence-electron chi connectivity index (χ1n) is 7.63. The first-order chi connectivity index (χ1) is 10.4. The quantitative estimate of drug-likeness (QED) is 0.939. The fourth-order valence-electron chi connectivity index (χ4n) is 3.21. The van der Waals surface area contributed by atoms with E-state index in [1.165, 1.54) is 11.3 Å². The highest BCUT2D eigenvalue weighted by molar-refractivity contribution is 5.57. The van der Waals surface area contributed by atoms with Crippen LogP contribution in [0, 0.1) is 0 Å². The van der Waals surface area contributed by atoms with E-state index >= 15 is 0 Å². The molecule has 5 heteroatoms. The molecule has 1 saturated heterocycles. The van der Waals surface area contributed by atoms with Crippen LogP contribution in [-0.4, -0.2) is 29.9 Å². The Hall–Kier alpha value is -1.88. The Bertz CT molecular complexity index is 619. The highest BCUT2D eigenvalue weighted by atomic mass is 16.5. The minimum atomic E-state index is 0.297. The Kier molecular flexibility index (Phi) is 3.35. The number of rotatable bonds is 3. The Labute approximate surface area is 123 Å². The molecule has 2 aliphatic rings. The Balaban J connectivity index is 1.47. The third kappa shape index (κ3) is 2.53. The van der Waals surface area contributed by atoms with Gasteiger partial charge in [-0.15, -0.1) is 0 Å². The normalized spacial score (nSPS) is 24.6. The molecular formula is C16H19N3O2. The lowest BCUT2D eigenvalue weighted by molar-refractivity contribution is 0.0773. The maximum Gasteiger partial charge on any atom is 0.227 e. The van der Waals surface area contributed by atoms with E-state index in [-0.39, 0.29) is 0 Å². The molecule has 2 aromatic rings. The van der Waals surface area contributed by atoms with Gasteiger partial charge < -0.3 is 14.6 Å². The number of fused-ring (bicyclic) bond motifs is 1. The standard InChI is InChI=1S/C16H19N3O2/c1-2-6-14-13(5-1)12(9-17-14)8-15-18-16(19-21-15)11-4-3-7-20-10-11/h1-2,5-6,11-12,17H,3-4,7-10H2. The molecule has 4 rings (SSSR count). The first kappa shape index (κ1) is 12.8. The van der Waals surface area contributed by atoms with Gasteiger partial charge in [0.25, 0.3) is 0 Å². The Morgan fingerprint density at radius 1 is 1.29 bits per heavy atom. The van der Waals surface area contributed by atoms with Gasteiger partial charge in [0, 0.05) is 37.1 Å². The van der Waals surface area contributed by atoms with E-state index in [0.29, 0.717) is 18.4 Å². The van der Waals surface area contributed by atoms with Crippen molar-refractivity contribution < 1.29 is 9.26 Å². The van der Waals surface area contributed by atoms with E-state index < -0.39 is 0 Å². The Morgan fingerprint density at radius 3 is 3.14 bits per heavy atom. The average molecular weight is 285 g/mol. The molecule has 0 spiro atoms. The lowest BCUT2D eigenvalue weighted by atomic mass is 9.98. The van der Waals surface area contributed by atoms with Crippen molar-refractivity contribution in [1.82, 2.24) is 10.1 Å². The molecule has 1 aromatic heterocycles. The van der Waals surface area contributed by atoms with Gasteiger partial charge in [-0.25, -0.2) is 0 Å². The number of hydrogen-bond donors (Lipinski definition) is 1. The van der Waals surface area contributed by atoms with Crippen molar-refractivity contribution in [2.45, 2.75) is 31.1 Å². The summed E-state index contributed by atoms with van der Waals surface area (Å²) >= 11 is 0. The van der Waals surface area contributed by atoms with Crippen LogP contribution in [0.15, 0.2) is 28.8 Å². The summed E-state index contributed by atoms with van der Waals surface area (Å²) in [7, 11) is 0. The smallest absolute Gasteiger partial charge is 0.227 e. The van der Waals surface area contributed by atoms with Crippen LogP contribution >= 0.6 is 0 Å². The van der Waals surface area contributed by atoms with Crippen molar-refractivity contribution in [3.05, 3.63) is 41.5 Å². The zero-order chi connectivity index (χ0) is 14.1. The zero-order valence-electron chi connectivity index (χ0n) is 11.9. The summed E-state index contributed by atoms with van der Waals surface area (Å²) in [5, 5.41) is 7.58. The minimum absolute atomic E-state index is 0.297. The van der Waals surface area contributed by atoms with E-state index in [9.17, 15) is 0 Å². The van der Waals surface area contributed by atoms with Gasteiger partial charge in [0.1, 0.15) is 0 Å². The van der Waals surface area contributed by atoms with Crippen LogP contribution in [-0.2, 0) is 11.2 Å². The van der Waals surface area contributed by atoms with Crippen molar-refractivity contribution in [2.24, 2.45) is 0 Å². The van der Waals surface area contributed by atoms with Gasteiger partial charge in [-0.3, -0.25) is 0 Å². The molecule has 0 radical (unpaired) electrons. The summed E-state index contributed by atoms with van der Waals surface area (Å²) in [6.45, 7) is 2.50.